The first kappa shape index (κ1) is 19.8. The van der Waals surface area contributed by atoms with Crippen LogP contribution in [-0.2, 0) is 17.9 Å². The van der Waals surface area contributed by atoms with Crippen LogP contribution in [-0.4, -0.2) is 22.3 Å². The summed E-state index contributed by atoms with van der Waals surface area (Å²) in [6.07, 6.45) is 1.42. The predicted octanol–water partition coefficient (Wildman–Crippen LogP) is 3.93. The number of hydrogen-bond donors (Lipinski definition) is 1. The fraction of sp³-hybridized carbons (Fsp3) is 0.136. The summed E-state index contributed by atoms with van der Waals surface area (Å²) >= 11 is 4.84. The van der Waals surface area contributed by atoms with Crippen LogP contribution in [0.3, 0.4) is 0 Å². The molecule has 2 aromatic carbocycles. The third-order valence-corrected chi connectivity index (χ3v) is 6.37. The summed E-state index contributed by atoms with van der Waals surface area (Å²) in [5.41, 5.74) is 2.40. The van der Waals surface area contributed by atoms with Gasteiger partial charge in [-0.1, -0.05) is 34.1 Å². The summed E-state index contributed by atoms with van der Waals surface area (Å²) < 4.78 is 12.9. The van der Waals surface area contributed by atoms with E-state index in [1.165, 1.54) is 22.2 Å². The van der Waals surface area contributed by atoms with Crippen LogP contribution in [0.5, 0.6) is 11.5 Å². The number of benzene rings is 2. The van der Waals surface area contributed by atoms with E-state index >= 15 is 0 Å². The highest BCUT2D eigenvalue weighted by molar-refractivity contribution is 9.10. The number of nitrogens with zero attached hydrogens (tertiary/aromatic N) is 2. The minimum Gasteiger partial charge on any atom is -0.454 e. The Kier molecular flexibility index (Phi) is 5.21. The van der Waals surface area contributed by atoms with Crippen LogP contribution in [0.15, 0.2) is 63.4 Å². The van der Waals surface area contributed by atoms with Gasteiger partial charge in [0.15, 0.2) is 11.5 Å². The number of carbonyl (C=O) groups excluding carboxylic acids is 1. The van der Waals surface area contributed by atoms with Crippen molar-refractivity contribution in [1.29, 1.82) is 0 Å². The van der Waals surface area contributed by atoms with E-state index in [4.69, 9.17) is 9.47 Å². The van der Waals surface area contributed by atoms with E-state index in [-0.39, 0.29) is 24.8 Å². The summed E-state index contributed by atoms with van der Waals surface area (Å²) in [5, 5.41) is 5.28. The number of fused-ring (bicyclic) bond motifs is 2. The Balaban J connectivity index is 1.34. The number of ether oxygens (including phenoxy) is 2. The molecule has 0 unspecified atom stereocenters. The van der Waals surface area contributed by atoms with Gasteiger partial charge in [-0.25, -0.2) is 4.98 Å². The van der Waals surface area contributed by atoms with Crippen LogP contribution >= 0.6 is 27.3 Å². The van der Waals surface area contributed by atoms with E-state index in [9.17, 15) is 9.59 Å². The molecule has 1 aliphatic heterocycles. The van der Waals surface area contributed by atoms with Crippen LogP contribution in [0.2, 0.25) is 0 Å². The molecule has 0 saturated carbocycles. The molecular weight excluding hydrogens is 482 g/mol. The fourth-order valence-electron chi connectivity index (χ4n) is 3.38. The van der Waals surface area contributed by atoms with Crippen molar-refractivity contribution in [2.75, 3.05) is 6.79 Å². The quantitative estimate of drug-likeness (QED) is 0.451. The number of rotatable bonds is 5. The van der Waals surface area contributed by atoms with Gasteiger partial charge in [0.05, 0.1) is 11.7 Å². The summed E-state index contributed by atoms with van der Waals surface area (Å²) in [5.74, 6) is 1.08. The third-order valence-electron chi connectivity index (χ3n) is 4.96. The SMILES string of the molecule is O=C(Cn1cnc2scc(-c3ccc(Br)cc3)c2c1=O)NCc1ccc2c(c1)OCO2. The van der Waals surface area contributed by atoms with Crippen molar-refractivity contribution in [2.24, 2.45) is 0 Å². The smallest absolute Gasteiger partial charge is 0.263 e. The van der Waals surface area contributed by atoms with Gasteiger partial charge in [0.25, 0.3) is 5.56 Å². The monoisotopic (exact) mass is 497 g/mol. The average Bonchev–Trinajstić information content (AvgIpc) is 3.42. The van der Waals surface area contributed by atoms with Crippen molar-refractivity contribution >= 4 is 43.4 Å². The Labute approximate surface area is 189 Å². The fourth-order valence-corrected chi connectivity index (χ4v) is 4.56. The minimum atomic E-state index is -0.277. The standard InChI is InChI=1S/C22H16BrN3O4S/c23-15-4-2-14(3-5-15)16-10-31-21-20(16)22(28)26(11-25-21)9-19(27)24-8-13-1-6-17-18(7-13)30-12-29-17/h1-7,10-11H,8-9,12H2,(H,24,27). The van der Waals surface area contributed by atoms with Gasteiger partial charge in [0, 0.05) is 22.0 Å². The van der Waals surface area contributed by atoms with E-state index < -0.39 is 0 Å². The molecular formula is C22H16BrN3O4S. The molecule has 0 aliphatic carbocycles. The molecule has 7 nitrogen and oxygen atoms in total. The summed E-state index contributed by atoms with van der Waals surface area (Å²) in [6.45, 7) is 0.415. The number of thiophene rings is 1. The van der Waals surface area contributed by atoms with Crippen molar-refractivity contribution in [3.05, 3.63) is 74.6 Å². The van der Waals surface area contributed by atoms with Crippen molar-refractivity contribution < 1.29 is 14.3 Å². The van der Waals surface area contributed by atoms with Gasteiger partial charge >= 0.3 is 0 Å². The van der Waals surface area contributed by atoms with Crippen molar-refractivity contribution in [1.82, 2.24) is 14.9 Å². The zero-order chi connectivity index (χ0) is 21.4. The Morgan fingerprint density at radius 1 is 1.16 bits per heavy atom. The maximum atomic E-state index is 13.1. The Morgan fingerprint density at radius 2 is 1.97 bits per heavy atom. The van der Waals surface area contributed by atoms with Crippen LogP contribution in [0.25, 0.3) is 21.3 Å². The van der Waals surface area contributed by atoms with Crippen LogP contribution < -0.4 is 20.3 Å². The lowest BCUT2D eigenvalue weighted by Crippen LogP contribution is -2.32. The summed E-state index contributed by atoms with van der Waals surface area (Å²) in [4.78, 5) is 30.6. The second-order valence-electron chi connectivity index (χ2n) is 6.98. The molecule has 0 saturated heterocycles. The molecule has 156 valence electrons. The van der Waals surface area contributed by atoms with E-state index in [0.717, 1.165) is 21.2 Å². The van der Waals surface area contributed by atoms with Gasteiger partial charge in [-0.2, -0.15) is 0 Å². The average molecular weight is 498 g/mol. The van der Waals surface area contributed by atoms with Gasteiger partial charge in [0.2, 0.25) is 12.7 Å². The number of aromatic nitrogens is 2. The zero-order valence-corrected chi connectivity index (χ0v) is 18.5. The van der Waals surface area contributed by atoms with Gasteiger partial charge in [0.1, 0.15) is 11.4 Å². The molecule has 0 bridgehead atoms. The molecule has 0 radical (unpaired) electrons. The number of hydrogen-bond acceptors (Lipinski definition) is 6. The van der Waals surface area contributed by atoms with E-state index in [1.807, 2.05) is 47.8 Å². The third kappa shape index (κ3) is 3.94. The molecule has 5 rings (SSSR count). The first-order chi connectivity index (χ1) is 15.1. The van der Waals surface area contributed by atoms with Crippen molar-refractivity contribution in [2.45, 2.75) is 13.1 Å². The largest absolute Gasteiger partial charge is 0.454 e. The molecule has 0 atom stereocenters. The van der Waals surface area contributed by atoms with Gasteiger partial charge < -0.3 is 14.8 Å². The highest BCUT2D eigenvalue weighted by atomic mass is 79.9. The lowest BCUT2D eigenvalue weighted by molar-refractivity contribution is -0.121. The molecule has 31 heavy (non-hydrogen) atoms. The Morgan fingerprint density at radius 3 is 2.81 bits per heavy atom. The van der Waals surface area contributed by atoms with E-state index in [1.54, 1.807) is 0 Å². The molecule has 0 spiro atoms. The highest BCUT2D eigenvalue weighted by Crippen LogP contribution is 2.33. The minimum absolute atomic E-state index is 0.109. The van der Waals surface area contributed by atoms with Gasteiger partial charge in [-0.05, 0) is 35.4 Å². The first-order valence-electron chi connectivity index (χ1n) is 9.46. The second-order valence-corrected chi connectivity index (χ2v) is 8.75. The molecule has 4 aromatic rings. The molecule has 2 aromatic heterocycles. The van der Waals surface area contributed by atoms with Crippen LogP contribution in [0, 0.1) is 0 Å². The number of amides is 1. The van der Waals surface area contributed by atoms with E-state index in [0.29, 0.717) is 28.3 Å². The van der Waals surface area contributed by atoms with Gasteiger partial charge in [-0.15, -0.1) is 11.3 Å². The van der Waals surface area contributed by atoms with Gasteiger partial charge in [-0.3, -0.25) is 14.2 Å². The molecule has 3 heterocycles. The molecule has 1 aliphatic rings. The summed E-state index contributed by atoms with van der Waals surface area (Å²) in [7, 11) is 0. The number of carbonyl (C=O) groups is 1. The summed E-state index contributed by atoms with van der Waals surface area (Å²) in [6, 6.07) is 13.3. The topological polar surface area (TPSA) is 82.5 Å². The molecule has 0 fully saturated rings. The van der Waals surface area contributed by atoms with Crippen LogP contribution in [0.1, 0.15) is 5.56 Å². The maximum absolute atomic E-state index is 13.1. The number of nitrogens with one attached hydrogen (secondary N) is 1. The highest BCUT2D eigenvalue weighted by Gasteiger charge is 2.16. The lowest BCUT2D eigenvalue weighted by Gasteiger charge is -2.08. The lowest BCUT2D eigenvalue weighted by atomic mass is 10.1. The molecule has 1 N–H and O–H groups in total. The molecule has 1 amide bonds. The Bertz CT molecular complexity index is 1350. The Hall–Kier alpha value is -3.17. The first-order valence-corrected chi connectivity index (χ1v) is 11.1. The molecule has 9 heteroatoms. The van der Waals surface area contributed by atoms with Crippen molar-refractivity contribution in [3.63, 3.8) is 0 Å². The normalized spacial score (nSPS) is 12.3. The zero-order valence-electron chi connectivity index (χ0n) is 16.1. The number of halogens is 1. The van der Waals surface area contributed by atoms with E-state index in [2.05, 4.69) is 26.2 Å². The van der Waals surface area contributed by atoms with Crippen molar-refractivity contribution in [3.8, 4) is 22.6 Å². The second kappa shape index (κ2) is 8.16. The van der Waals surface area contributed by atoms with Crippen LogP contribution in [0.4, 0.5) is 0 Å². The maximum Gasteiger partial charge on any atom is 0.263 e. The predicted molar refractivity (Wildman–Crippen MR) is 121 cm³/mol.